The molecule has 1 saturated carbocycles. The van der Waals surface area contributed by atoms with Crippen molar-refractivity contribution in [2.45, 2.75) is 12.8 Å². The molecule has 2 aliphatic rings. The van der Waals surface area contributed by atoms with Gasteiger partial charge in [-0.15, -0.1) is 0 Å². The van der Waals surface area contributed by atoms with Crippen molar-refractivity contribution in [3.05, 3.63) is 48.2 Å². The Kier molecular flexibility index (Phi) is 5.34. The number of aromatic amines is 1. The van der Waals surface area contributed by atoms with Crippen LogP contribution in [0.1, 0.15) is 23.4 Å². The summed E-state index contributed by atoms with van der Waals surface area (Å²) in [7, 11) is 0. The molecule has 0 atom stereocenters. The van der Waals surface area contributed by atoms with Crippen LogP contribution in [0.3, 0.4) is 0 Å². The number of fused-ring (bicyclic) bond motifs is 1. The van der Waals surface area contributed by atoms with Crippen LogP contribution in [-0.2, 0) is 4.74 Å². The molecule has 4 aromatic rings. The van der Waals surface area contributed by atoms with E-state index in [4.69, 9.17) is 14.1 Å². The largest absolute Gasteiger partial charge is 0.445 e. The van der Waals surface area contributed by atoms with Crippen molar-refractivity contribution >= 4 is 34.6 Å². The van der Waals surface area contributed by atoms with Crippen molar-refractivity contribution < 1.29 is 13.9 Å². The lowest BCUT2D eigenvalue weighted by molar-refractivity contribution is 0.0926. The molecular formula is C24H25N7O3. The lowest BCUT2D eigenvalue weighted by atomic mass is 10.2. The van der Waals surface area contributed by atoms with Crippen LogP contribution in [0, 0.1) is 5.92 Å². The molecule has 34 heavy (non-hydrogen) atoms. The molecule has 2 fully saturated rings. The molecule has 10 nitrogen and oxygen atoms in total. The number of morpholine rings is 1. The van der Waals surface area contributed by atoms with Gasteiger partial charge in [0.05, 0.1) is 18.9 Å². The average molecular weight is 460 g/mol. The molecule has 0 unspecified atom stereocenters. The molecule has 6 rings (SSSR count). The molecule has 0 radical (unpaired) electrons. The first kappa shape index (κ1) is 20.7. The van der Waals surface area contributed by atoms with Crippen LogP contribution in [-0.4, -0.2) is 58.9 Å². The van der Waals surface area contributed by atoms with Crippen molar-refractivity contribution in [1.82, 2.24) is 25.5 Å². The molecule has 174 valence electrons. The van der Waals surface area contributed by atoms with Gasteiger partial charge in [-0.25, -0.2) is 4.98 Å². The maximum Gasteiger partial charge on any atom is 0.287 e. The van der Waals surface area contributed by atoms with Crippen molar-refractivity contribution in [2.24, 2.45) is 5.92 Å². The monoisotopic (exact) mass is 459 g/mol. The van der Waals surface area contributed by atoms with Gasteiger partial charge < -0.3 is 24.7 Å². The van der Waals surface area contributed by atoms with Crippen LogP contribution >= 0.6 is 0 Å². The summed E-state index contributed by atoms with van der Waals surface area (Å²) < 4.78 is 11.5. The smallest absolute Gasteiger partial charge is 0.287 e. The molecule has 1 aliphatic heterocycles. The quantitative estimate of drug-likeness (QED) is 0.385. The first-order valence-electron chi connectivity index (χ1n) is 11.5. The summed E-state index contributed by atoms with van der Waals surface area (Å²) in [4.78, 5) is 24.1. The highest BCUT2D eigenvalue weighted by molar-refractivity contribution is 5.97. The first-order chi connectivity index (χ1) is 16.7. The zero-order chi connectivity index (χ0) is 22.9. The molecule has 1 amide bonds. The molecule has 3 N–H and O–H groups in total. The van der Waals surface area contributed by atoms with E-state index in [2.05, 4.69) is 30.7 Å². The van der Waals surface area contributed by atoms with Crippen LogP contribution in [0.5, 0.6) is 0 Å². The minimum absolute atomic E-state index is 0.229. The van der Waals surface area contributed by atoms with E-state index in [-0.39, 0.29) is 11.7 Å². The molecule has 1 aromatic carbocycles. The van der Waals surface area contributed by atoms with Crippen LogP contribution in [0.15, 0.2) is 46.9 Å². The fourth-order valence-corrected chi connectivity index (χ4v) is 3.98. The fourth-order valence-electron chi connectivity index (χ4n) is 3.98. The molecule has 3 aromatic heterocycles. The highest BCUT2D eigenvalue weighted by Gasteiger charge is 2.25. The topological polar surface area (TPSA) is 121 Å². The van der Waals surface area contributed by atoms with Gasteiger partial charge in [0.1, 0.15) is 5.52 Å². The third-order valence-corrected chi connectivity index (χ3v) is 6.04. The average Bonchev–Trinajstić information content (AvgIpc) is 3.42. The summed E-state index contributed by atoms with van der Waals surface area (Å²) >= 11 is 0. The van der Waals surface area contributed by atoms with Crippen molar-refractivity contribution in [3.63, 3.8) is 0 Å². The number of hydrogen-bond donors (Lipinski definition) is 3. The van der Waals surface area contributed by atoms with Crippen LogP contribution in [0.25, 0.3) is 22.4 Å². The Morgan fingerprint density at radius 2 is 1.94 bits per heavy atom. The van der Waals surface area contributed by atoms with Crippen molar-refractivity contribution in [1.29, 1.82) is 0 Å². The Morgan fingerprint density at radius 3 is 2.74 bits per heavy atom. The highest BCUT2D eigenvalue weighted by atomic mass is 16.5. The summed E-state index contributed by atoms with van der Waals surface area (Å²) in [6.45, 7) is 3.23. The second-order valence-electron chi connectivity index (χ2n) is 8.61. The maximum atomic E-state index is 12.6. The van der Waals surface area contributed by atoms with Gasteiger partial charge in [-0.3, -0.25) is 9.89 Å². The third kappa shape index (κ3) is 4.32. The summed E-state index contributed by atoms with van der Waals surface area (Å²) in [6, 6.07) is 13.5. The number of furan rings is 1. The maximum absolute atomic E-state index is 12.6. The number of ether oxygens (including phenoxy) is 1. The predicted octanol–water partition coefficient (Wildman–Crippen LogP) is 3.33. The third-order valence-electron chi connectivity index (χ3n) is 6.04. The Bertz CT molecular complexity index is 1310. The molecule has 0 bridgehead atoms. The number of benzene rings is 1. The van der Waals surface area contributed by atoms with Gasteiger partial charge in [0.15, 0.2) is 23.0 Å². The molecule has 10 heteroatoms. The van der Waals surface area contributed by atoms with E-state index < -0.39 is 0 Å². The Hall–Kier alpha value is -3.92. The van der Waals surface area contributed by atoms with Gasteiger partial charge in [0, 0.05) is 31.8 Å². The minimum Gasteiger partial charge on any atom is -0.445 e. The second-order valence-corrected chi connectivity index (χ2v) is 8.61. The number of nitrogens with zero attached hydrogens (tertiary/aromatic N) is 4. The van der Waals surface area contributed by atoms with Crippen molar-refractivity contribution in [2.75, 3.05) is 43.1 Å². The van der Waals surface area contributed by atoms with E-state index in [1.165, 1.54) is 12.8 Å². The number of carbonyl (C=O) groups excluding carboxylic acids is 1. The van der Waals surface area contributed by atoms with Crippen LogP contribution in [0.2, 0.25) is 0 Å². The number of carbonyl (C=O) groups is 1. The number of anilines is 3. The van der Waals surface area contributed by atoms with E-state index in [9.17, 15) is 4.79 Å². The van der Waals surface area contributed by atoms with Gasteiger partial charge in [-0.2, -0.15) is 10.1 Å². The van der Waals surface area contributed by atoms with Gasteiger partial charge in [-0.05, 0) is 24.3 Å². The molecular weight excluding hydrogens is 434 g/mol. The van der Waals surface area contributed by atoms with Gasteiger partial charge in [-0.1, -0.05) is 30.3 Å². The summed E-state index contributed by atoms with van der Waals surface area (Å²) in [5, 5.41) is 13.5. The van der Waals surface area contributed by atoms with Crippen molar-refractivity contribution in [3.8, 4) is 11.3 Å². The van der Waals surface area contributed by atoms with Gasteiger partial charge in [0.2, 0.25) is 5.95 Å². The minimum atomic E-state index is -0.229. The van der Waals surface area contributed by atoms with E-state index in [1.807, 2.05) is 36.4 Å². The normalized spacial score (nSPS) is 16.1. The zero-order valence-corrected chi connectivity index (χ0v) is 18.6. The standard InChI is InChI=1S/C24H25N7O3/c32-23(25-14-15-6-7-15)19-12-18-21(34-19)22(31-8-10-33-11-9-31)28-24(26-18)27-20-13-17(29-30-20)16-4-2-1-3-5-16/h1-5,12-13,15H,6-11,14H2,(H,25,32)(H2,26,27,28,29,30). The number of hydrogen-bond acceptors (Lipinski definition) is 8. The number of rotatable bonds is 7. The van der Waals surface area contributed by atoms with E-state index in [0.717, 1.165) is 11.3 Å². The lowest BCUT2D eigenvalue weighted by Crippen LogP contribution is -2.37. The van der Waals surface area contributed by atoms with Crippen LogP contribution in [0.4, 0.5) is 17.6 Å². The Balaban J connectivity index is 1.31. The Morgan fingerprint density at radius 1 is 1.12 bits per heavy atom. The number of amides is 1. The molecule has 1 saturated heterocycles. The number of aromatic nitrogens is 4. The molecule has 4 heterocycles. The summed E-state index contributed by atoms with van der Waals surface area (Å²) in [5.74, 6) is 2.20. The van der Waals surface area contributed by atoms with Gasteiger partial charge in [0.25, 0.3) is 5.91 Å². The fraction of sp³-hybridized carbons (Fsp3) is 0.333. The van der Waals surface area contributed by atoms with E-state index in [1.54, 1.807) is 6.07 Å². The van der Waals surface area contributed by atoms with E-state index in [0.29, 0.717) is 67.4 Å². The Labute approximate surface area is 195 Å². The predicted molar refractivity (Wildman–Crippen MR) is 127 cm³/mol. The summed E-state index contributed by atoms with van der Waals surface area (Å²) in [5.41, 5.74) is 2.98. The highest BCUT2D eigenvalue weighted by Crippen LogP contribution is 2.31. The number of H-pyrrole nitrogens is 1. The lowest BCUT2D eigenvalue weighted by Gasteiger charge is -2.27. The first-order valence-corrected chi connectivity index (χ1v) is 11.5. The van der Waals surface area contributed by atoms with E-state index >= 15 is 0 Å². The van der Waals surface area contributed by atoms with Gasteiger partial charge >= 0.3 is 0 Å². The molecule has 0 spiro atoms. The summed E-state index contributed by atoms with van der Waals surface area (Å²) in [6.07, 6.45) is 2.34. The number of nitrogens with one attached hydrogen (secondary N) is 3. The molecule has 1 aliphatic carbocycles. The SMILES string of the molecule is O=C(NCC1CC1)c1cc2nc(Nc3cc(-c4ccccc4)[nH]n3)nc(N3CCOCC3)c2o1. The second kappa shape index (κ2) is 8.79. The van der Waals surface area contributed by atoms with Crippen LogP contribution < -0.4 is 15.5 Å². The zero-order valence-electron chi connectivity index (χ0n) is 18.6.